The summed E-state index contributed by atoms with van der Waals surface area (Å²) in [6, 6.07) is 6.89. The number of hydrogen-bond acceptors (Lipinski definition) is 5. The molecule has 7 heteroatoms. The molecule has 0 heterocycles. The summed E-state index contributed by atoms with van der Waals surface area (Å²) in [5.41, 5.74) is -2.01. The molecule has 1 amide bonds. The van der Waals surface area contributed by atoms with Crippen LogP contribution in [0.15, 0.2) is 24.3 Å². The van der Waals surface area contributed by atoms with Crippen molar-refractivity contribution in [3.8, 4) is 11.5 Å². The number of carbonyl (C=O) groups is 2. The normalized spacial score (nSPS) is 13.3. The van der Waals surface area contributed by atoms with Gasteiger partial charge in [-0.25, -0.2) is 4.79 Å². The number of aliphatic carboxylic acids is 1. The Hall–Kier alpha value is -2.28. The van der Waals surface area contributed by atoms with Crippen LogP contribution in [0.5, 0.6) is 11.5 Å². The van der Waals surface area contributed by atoms with E-state index in [1.165, 1.54) is 0 Å². The summed E-state index contributed by atoms with van der Waals surface area (Å²) in [6.07, 6.45) is 0. The van der Waals surface area contributed by atoms with Crippen molar-refractivity contribution in [1.29, 1.82) is 0 Å². The molecule has 23 heavy (non-hydrogen) atoms. The Labute approximate surface area is 135 Å². The molecule has 0 aromatic heterocycles. The van der Waals surface area contributed by atoms with Crippen LogP contribution >= 0.6 is 0 Å². The molecule has 1 aromatic carbocycles. The quantitative estimate of drug-likeness (QED) is 0.627. The minimum Gasteiger partial charge on any atom is -0.493 e. The Morgan fingerprint density at radius 3 is 2.43 bits per heavy atom. The lowest BCUT2D eigenvalue weighted by Crippen LogP contribution is -2.47. The van der Waals surface area contributed by atoms with Gasteiger partial charge in [-0.2, -0.15) is 0 Å². The highest BCUT2D eigenvalue weighted by molar-refractivity contribution is 5.80. The summed E-state index contributed by atoms with van der Waals surface area (Å²) in [5.74, 6) is -0.432. The van der Waals surface area contributed by atoms with Gasteiger partial charge >= 0.3 is 5.97 Å². The van der Waals surface area contributed by atoms with Gasteiger partial charge in [0.2, 0.25) is 0 Å². The molecular formula is C16H23NO6. The smallest absolute Gasteiger partial charge is 0.337 e. The highest BCUT2D eigenvalue weighted by atomic mass is 16.5. The lowest BCUT2D eigenvalue weighted by atomic mass is 10.1. The molecule has 128 valence electrons. The number of benzene rings is 1. The highest BCUT2D eigenvalue weighted by Gasteiger charge is 2.30. The molecule has 1 atom stereocenters. The van der Waals surface area contributed by atoms with Gasteiger partial charge in [0.15, 0.2) is 12.2 Å². The van der Waals surface area contributed by atoms with E-state index in [9.17, 15) is 14.7 Å². The van der Waals surface area contributed by atoms with Crippen molar-refractivity contribution in [2.24, 2.45) is 5.92 Å². The van der Waals surface area contributed by atoms with Crippen molar-refractivity contribution in [3.05, 3.63) is 24.3 Å². The Morgan fingerprint density at radius 1 is 1.26 bits per heavy atom. The number of nitrogens with one attached hydrogen (secondary N) is 1. The average Bonchev–Trinajstić information content (AvgIpc) is 2.49. The molecule has 0 saturated carbocycles. The van der Waals surface area contributed by atoms with Gasteiger partial charge in [-0.15, -0.1) is 0 Å². The van der Waals surface area contributed by atoms with Crippen LogP contribution in [0.4, 0.5) is 0 Å². The number of carboxylic acid groups (broad SMARTS) is 1. The van der Waals surface area contributed by atoms with Crippen molar-refractivity contribution < 1.29 is 29.3 Å². The topological polar surface area (TPSA) is 105 Å². The number of carboxylic acids is 1. The summed E-state index contributed by atoms with van der Waals surface area (Å²) in [4.78, 5) is 22.3. The van der Waals surface area contributed by atoms with Crippen molar-refractivity contribution in [3.63, 3.8) is 0 Å². The first kappa shape index (κ1) is 18.8. The van der Waals surface area contributed by atoms with E-state index in [1.54, 1.807) is 24.3 Å². The van der Waals surface area contributed by atoms with Gasteiger partial charge in [-0.1, -0.05) is 19.9 Å². The molecular weight excluding hydrogens is 302 g/mol. The molecule has 0 fully saturated rings. The number of hydrogen-bond donors (Lipinski definition) is 3. The van der Waals surface area contributed by atoms with Crippen LogP contribution in [0.1, 0.15) is 20.8 Å². The zero-order valence-corrected chi connectivity index (χ0v) is 13.5. The second-order valence-corrected chi connectivity index (χ2v) is 5.82. The minimum absolute atomic E-state index is 0.288. The first-order valence-electron chi connectivity index (χ1n) is 7.29. The molecule has 0 aliphatic heterocycles. The fourth-order valence-electron chi connectivity index (χ4n) is 1.46. The van der Waals surface area contributed by atoms with Crippen molar-refractivity contribution in [2.45, 2.75) is 26.4 Å². The number of carbonyl (C=O) groups excluding carboxylic acids is 1. The summed E-state index contributed by atoms with van der Waals surface area (Å²) < 4.78 is 10.9. The first-order valence-corrected chi connectivity index (χ1v) is 7.29. The number of ether oxygens (including phenoxy) is 2. The highest BCUT2D eigenvalue weighted by Crippen LogP contribution is 2.19. The Balaban J connectivity index is 2.44. The molecule has 3 N–H and O–H groups in total. The van der Waals surface area contributed by atoms with Crippen LogP contribution in [0.25, 0.3) is 0 Å². The lowest BCUT2D eigenvalue weighted by molar-refractivity contribution is -0.156. The van der Waals surface area contributed by atoms with Crippen molar-refractivity contribution >= 4 is 11.9 Å². The molecule has 0 spiro atoms. The van der Waals surface area contributed by atoms with Gasteiger partial charge in [0.1, 0.15) is 11.5 Å². The summed E-state index contributed by atoms with van der Waals surface area (Å²) in [6.45, 7) is 5.07. The number of amides is 1. The van der Waals surface area contributed by atoms with Crippen LogP contribution in [0.3, 0.4) is 0 Å². The molecule has 0 aliphatic rings. The molecule has 1 rings (SSSR count). The van der Waals surface area contributed by atoms with E-state index < -0.39 is 24.0 Å². The SMILES string of the molecule is CC(C)COc1cccc(OCC(=O)NCC(C)(O)C(=O)O)c1. The fraction of sp³-hybridized carbons (Fsp3) is 0.500. The van der Waals surface area contributed by atoms with E-state index in [-0.39, 0.29) is 6.61 Å². The monoisotopic (exact) mass is 325 g/mol. The van der Waals surface area contributed by atoms with Gasteiger partial charge in [-0.05, 0) is 25.0 Å². The average molecular weight is 325 g/mol. The molecule has 0 saturated heterocycles. The first-order chi connectivity index (χ1) is 10.7. The summed E-state index contributed by atoms with van der Waals surface area (Å²) in [7, 11) is 0. The fourth-order valence-corrected chi connectivity index (χ4v) is 1.46. The van der Waals surface area contributed by atoms with E-state index >= 15 is 0 Å². The summed E-state index contributed by atoms with van der Waals surface area (Å²) >= 11 is 0. The molecule has 1 aromatic rings. The van der Waals surface area contributed by atoms with Crippen LogP contribution in [-0.2, 0) is 9.59 Å². The zero-order chi connectivity index (χ0) is 17.5. The summed E-state index contributed by atoms with van der Waals surface area (Å²) in [5, 5.41) is 20.5. The largest absolute Gasteiger partial charge is 0.493 e. The standard InChI is InChI=1S/C16H23NO6/c1-11(2)8-22-12-5-4-6-13(7-12)23-9-14(18)17-10-16(3,21)15(19)20/h4-7,11,21H,8-10H2,1-3H3,(H,17,18)(H,19,20). The zero-order valence-electron chi connectivity index (χ0n) is 13.5. The maximum absolute atomic E-state index is 11.6. The molecule has 0 aliphatic carbocycles. The van der Waals surface area contributed by atoms with Crippen LogP contribution in [0, 0.1) is 5.92 Å². The van der Waals surface area contributed by atoms with Crippen molar-refractivity contribution in [2.75, 3.05) is 19.8 Å². The molecule has 0 bridgehead atoms. The third kappa shape index (κ3) is 7.01. The predicted octanol–water partition coefficient (Wildman–Crippen LogP) is 1.05. The maximum Gasteiger partial charge on any atom is 0.337 e. The van der Waals surface area contributed by atoms with Gasteiger partial charge in [-0.3, -0.25) is 4.79 Å². The Kier molecular flexibility index (Phi) is 6.84. The van der Waals surface area contributed by atoms with Gasteiger partial charge in [0.25, 0.3) is 5.91 Å². The van der Waals surface area contributed by atoms with Gasteiger partial charge < -0.3 is 25.0 Å². The maximum atomic E-state index is 11.6. The molecule has 0 radical (unpaired) electrons. The van der Waals surface area contributed by atoms with E-state index in [0.717, 1.165) is 6.92 Å². The second kappa shape index (κ2) is 8.38. The van der Waals surface area contributed by atoms with Crippen LogP contribution in [-0.4, -0.2) is 47.4 Å². The van der Waals surface area contributed by atoms with Crippen LogP contribution < -0.4 is 14.8 Å². The van der Waals surface area contributed by atoms with E-state index in [0.29, 0.717) is 24.0 Å². The minimum atomic E-state index is -2.01. The second-order valence-electron chi connectivity index (χ2n) is 5.82. The van der Waals surface area contributed by atoms with Gasteiger partial charge in [0, 0.05) is 6.07 Å². The molecule has 7 nitrogen and oxygen atoms in total. The van der Waals surface area contributed by atoms with Gasteiger partial charge in [0.05, 0.1) is 13.2 Å². The third-order valence-corrected chi connectivity index (χ3v) is 2.85. The Morgan fingerprint density at radius 2 is 1.87 bits per heavy atom. The van der Waals surface area contributed by atoms with Crippen LogP contribution in [0.2, 0.25) is 0 Å². The lowest BCUT2D eigenvalue weighted by Gasteiger charge is -2.18. The van der Waals surface area contributed by atoms with Crippen molar-refractivity contribution in [1.82, 2.24) is 5.32 Å². The van der Waals surface area contributed by atoms with E-state index in [2.05, 4.69) is 5.32 Å². The Bertz CT molecular complexity index is 541. The molecule has 1 unspecified atom stereocenters. The number of rotatable bonds is 9. The predicted molar refractivity (Wildman–Crippen MR) is 83.5 cm³/mol. The van der Waals surface area contributed by atoms with E-state index in [1.807, 2.05) is 13.8 Å². The number of aliphatic hydroxyl groups is 1. The van der Waals surface area contributed by atoms with E-state index in [4.69, 9.17) is 14.6 Å². The third-order valence-electron chi connectivity index (χ3n) is 2.85.